The van der Waals surface area contributed by atoms with Crippen LogP contribution in [0.4, 0.5) is 0 Å². The molecule has 0 aliphatic heterocycles. The zero-order chi connectivity index (χ0) is 12.7. The van der Waals surface area contributed by atoms with Crippen LogP contribution in [-0.4, -0.2) is 31.0 Å². The first kappa shape index (κ1) is 15.6. The van der Waals surface area contributed by atoms with Gasteiger partial charge in [0.2, 0.25) is 0 Å². The lowest BCUT2D eigenvalue weighted by Crippen LogP contribution is -2.24. The van der Waals surface area contributed by atoms with E-state index in [9.17, 15) is 4.79 Å². The lowest BCUT2D eigenvalue weighted by atomic mass is 10.4. The Labute approximate surface area is 130 Å². The highest BCUT2D eigenvalue weighted by Gasteiger charge is 2.10. The normalized spacial score (nSPS) is 10.5. The molecule has 17 heavy (non-hydrogen) atoms. The molecule has 1 heterocycles. The van der Waals surface area contributed by atoms with Gasteiger partial charge in [-0.1, -0.05) is 15.9 Å². The van der Waals surface area contributed by atoms with E-state index in [-0.39, 0.29) is 5.91 Å². The summed E-state index contributed by atoms with van der Waals surface area (Å²) >= 11 is 11.4. The Morgan fingerprint density at radius 2 is 2.18 bits per heavy atom. The Morgan fingerprint density at radius 1 is 1.41 bits per heavy atom. The Balaban J connectivity index is 2.21. The Bertz CT molecular complexity index is 351. The van der Waals surface area contributed by atoms with Gasteiger partial charge in [-0.2, -0.15) is 0 Å². The fourth-order valence-electron chi connectivity index (χ4n) is 1.08. The van der Waals surface area contributed by atoms with E-state index in [0.29, 0.717) is 24.6 Å². The average molecular weight is 450 g/mol. The first-order valence-corrected chi connectivity index (χ1v) is 8.54. The van der Waals surface area contributed by atoms with Crippen LogP contribution in [0.5, 0.6) is 0 Å². The molecule has 7 heteroatoms. The van der Waals surface area contributed by atoms with Crippen LogP contribution in [0.2, 0.25) is 0 Å². The predicted octanol–water partition coefficient (Wildman–Crippen LogP) is 3.80. The Hall–Kier alpha value is 0.570. The number of hydrogen-bond acceptors (Lipinski definition) is 3. The summed E-state index contributed by atoms with van der Waals surface area (Å²) in [4.78, 5) is 12.4. The van der Waals surface area contributed by atoms with Crippen molar-refractivity contribution in [1.29, 1.82) is 0 Å². The Morgan fingerprint density at radius 3 is 2.76 bits per heavy atom. The molecule has 0 aliphatic carbocycles. The second-order valence-corrected chi connectivity index (χ2v) is 7.16. The fourth-order valence-corrected chi connectivity index (χ4v) is 3.26. The zero-order valence-electron chi connectivity index (χ0n) is 8.97. The molecular formula is C10H12Br3NO2S. The highest BCUT2D eigenvalue weighted by Crippen LogP contribution is 2.32. The van der Waals surface area contributed by atoms with Crippen molar-refractivity contribution in [3.8, 4) is 0 Å². The molecule has 0 unspecified atom stereocenters. The van der Waals surface area contributed by atoms with Gasteiger partial charge in [-0.05, 0) is 44.3 Å². The molecular weight excluding hydrogens is 438 g/mol. The third-order valence-electron chi connectivity index (χ3n) is 1.84. The molecule has 3 nitrogen and oxygen atoms in total. The van der Waals surface area contributed by atoms with E-state index in [1.165, 1.54) is 11.3 Å². The highest BCUT2D eigenvalue weighted by atomic mass is 79.9. The number of thiophene rings is 1. The maximum Gasteiger partial charge on any atom is 0.261 e. The van der Waals surface area contributed by atoms with Gasteiger partial charge in [0, 0.05) is 23.0 Å². The molecule has 1 N–H and O–H groups in total. The van der Waals surface area contributed by atoms with Crippen molar-refractivity contribution in [2.24, 2.45) is 0 Å². The molecule has 0 aliphatic rings. The van der Waals surface area contributed by atoms with Crippen molar-refractivity contribution >= 4 is 65.0 Å². The van der Waals surface area contributed by atoms with Gasteiger partial charge in [-0.25, -0.2) is 0 Å². The van der Waals surface area contributed by atoms with E-state index >= 15 is 0 Å². The van der Waals surface area contributed by atoms with E-state index in [2.05, 4.69) is 53.1 Å². The van der Waals surface area contributed by atoms with E-state index in [1.54, 1.807) is 0 Å². The van der Waals surface area contributed by atoms with Gasteiger partial charge in [0.05, 0.1) is 15.3 Å². The number of rotatable bonds is 7. The molecule has 0 radical (unpaired) electrons. The van der Waals surface area contributed by atoms with Crippen LogP contribution in [0, 0.1) is 0 Å². The number of hydrogen-bond donors (Lipinski definition) is 1. The van der Waals surface area contributed by atoms with E-state index in [1.807, 2.05) is 6.07 Å². The summed E-state index contributed by atoms with van der Waals surface area (Å²) in [6, 6.07) is 1.81. The minimum atomic E-state index is -0.0399. The summed E-state index contributed by atoms with van der Waals surface area (Å²) in [6.07, 6.45) is 0.826. The number of carbonyl (C=O) groups is 1. The van der Waals surface area contributed by atoms with Gasteiger partial charge in [0.25, 0.3) is 5.91 Å². The van der Waals surface area contributed by atoms with Crippen LogP contribution < -0.4 is 5.32 Å². The smallest absolute Gasteiger partial charge is 0.261 e. The van der Waals surface area contributed by atoms with Crippen LogP contribution in [0.15, 0.2) is 14.3 Å². The third kappa shape index (κ3) is 5.83. The summed E-state index contributed by atoms with van der Waals surface area (Å²) in [5.41, 5.74) is 0. The van der Waals surface area contributed by atoms with Crippen LogP contribution >= 0.6 is 59.1 Å². The topological polar surface area (TPSA) is 38.3 Å². The third-order valence-corrected chi connectivity index (χ3v) is 5.42. The summed E-state index contributed by atoms with van der Waals surface area (Å²) < 4.78 is 7.13. The van der Waals surface area contributed by atoms with E-state index < -0.39 is 0 Å². The SMILES string of the molecule is O=C(NCCCOCCBr)c1cc(Br)c(Br)s1. The van der Waals surface area contributed by atoms with Crippen molar-refractivity contribution < 1.29 is 9.53 Å². The maximum absolute atomic E-state index is 11.7. The predicted molar refractivity (Wildman–Crippen MR) is 81.3 cm³/mol. The second kappa shape index (κ2) is 8.63. The Kier molecular flexibility index (Phi) is 7.94. The molecule has 0 bridgehead atoms. The number of halogens is 3. The molecule has 0 saturated carbocycles. The van der Waals surface area contributed by atoms with Crippen molar-refractivity contribution in [3.05, 3.63) is 19.2 Å². The van der Waals surface area contributed by atoms with Crippen LogP contribution in [0.3, 0.4) is 0 Å². The monoisotopic (exact) mass is 447 g/mol. The van der Waals surface area contributed by atoms with Crippen molar-refractivity contribution in [2.75, 3.05) is 25.1 Å². The molecule has 96 valence electrons. The number of carbonyl (C=O) groups excluding carboxylic acids is 1. The molecule has 1 aromatic rings. The first-order valence-electron chi connectivity index (χ1n) is 5.02. The largest absolute Gasteiger partial charge is 0.381 e. The van der Waals surface area contributed by atoms with Gasteiger partial charge in [-0.15, -0.1) is 11.3 Å². The molecule has 1 aromatic heterocycles. The highest BCUT2D eigenvalue weighted by molar-refractivity contribution is 9.13. The number of alkyl halides is 1. The number of amides is 1. The first-order chi connectivity index (χ1) is 8.15. The average Bonchev–Trinajstić information content (AvgIpc) is 2.64. The summed E-state index contributed by atoms with van der Waals surface area (Å²) in [6.45, 7) is 2.01. The van der Waals surface area contributed by atoms with Gasteiger partial charge in [0.15, 0.2) is 0 Å². The summed E-state index contributed by atoms with van der Waals surface area (Å²) in [5, 5.41) is 3.70. The number of nitrogens with one attached hydrogen (secondary N) is 1. The second-order valence-electron chi connectivity index (χ2n) is 3.14. The van der Waals surface area contributed by atoms with Crippen molar-refractivity contribution in [1.82, 2.24) is 5.32 Å². The fraction of sp³-hybridized carbons (Fsp3) is 0.500. The molecule has 0 spiro atoms. The summed E-state index contributed by atoms with van der Waals surface area (Å²) in [7, 11) is 0. The maximum atomic E-state index is 11.7. The standard InChI is InChI=1S/C10H12Br3NO2S/c11-2-5-16-4-1-3-14-10(15)8-6-7(12)9(13)17-8/h6H,1-5H2,(H,14,15). The number of ether oxygens (including phenoxy) is 1. The molecule has 0 saturated heterocycles. The van der Waals surface area contributed by atoms with Gasteiger partial charge < -0.3 is 10.1 Å². The van der Waals surface area contributed by atoms with E-state index in [4.69, 9.17) is 4.74 Å². The zero-order valence-corrected chi connectivity index (χ0v) is 14.5. The van der Waals surface area contributed by atoms with E-state index in [0.717, 1.165) is 20.0 Å². The van der Waals surface area contributed by atoms with Crippen molar-refractivity contribution in [3.63, 3.8) is 0 Å². The van der Waals surface area contributed by atoms with Crippen LogP contribution in [0.25, 0.3) is 0 Å². The molecule has 1 rings (SSSR count). The minimum Gasteiger partial charge on any atom is -0.381 e. The quantitative estimate of drug-likeness (QED) is 0.508. The lowest BCUT2D eigenvalue weighted by Gasteiger charge is -2.03. The summed E-state index contributed by atoms with van der Waals surface area (Å²) in [5.74, 6) is -0.0399. The molecule has 0 atom stereocenters. The molecule has 1 amide bonds. The van der Waals surface area contributed by atoms with Crippen molar-refractivity contribution in [2.45, 2.75) is 6.42 Å². The van der Waals surface area contributed by atoms with Gasteiger partial charge in [0.1, 0.15) is 0 Å². The van der Waals surface area contributed by atoms with Gasteiger partial charge >= 0.3 is 0 Å². The molecule has 0 fully saturated rings. The van der Waals surface area contributed by atoms with Crippen LogP contribution in [0.1, 0.15) is 16.1 Å². The lowest BCUT2D eigenvalue weighted by molar-refractivity contribution is 0.0948. The molecule has 0 aromatic carbocycles. The van der Waals surface area contributed by atoms with Gasteiger partial charge in [-0.3, -0.25) is 4.79 Å². The minimum absolute atomic E-state index is 0.0399. The van der Waals surface area contributed by atoms with Crippen LogP contribution in [-0.2, 0) is 4.74 Å².